The van der Waals surface area contributed by atoms with Crippen LogP contribution in [0.5, 0.6) is 0 Å². The topological polar surface area (TPSA) is 49.8 Å². The van der Waals surface area contributed by atoms with Crippen molar-refractivity contribution in [3.05, 3.63) is 47.4 Å². The van der Waals surface area contributed by atoms with E-state index in [0.717, 1.165) is 18.1 Å². The van der Waals surface area contributed by atoms with E-state index in [1.165, 1.54) is 6.07 Å². The van der Waals surface area contributed by atoms with Gasteiger partial charge in [-0.1, -0.05) is 32.0 Å². The van der Waals surface area contributed by atoms with E-state index in [1.807, 2.05) is 19.1 Å². The van der Waals surface area contributed by atoms with Gasteiger partial charge in [0.05, 0.1) is 0 Å². The van der Waals surface area contributed by atoms with Crippen molar-refractivity contribution in [2.24, 2.45) is 5.92 Å². The van der Waals surface area contributed by atoms with Gasteiger partial charge in [-0.3, -0.25) is 0 Å². The zero-order chi connectivity index (χ0) is 15.2. The molecule has 5 heteroatoms. The monoisotopic (exact) mass is 288 g/mol. The molecule has 0 aliphatic heterocycles. The van der Waals surface area contributed by atoms with Gasteiger partial charge in [0.25, 0.3) is 0 Å². The van der Waals surface area contributed by atoms with Gasteiger partial charge in [0.2, 0.25) is 5.95 Å². The van der Waals surface area contributed by atoms with Gasteiger partial charge in [-0.2, -0.15) is 4.98 Å². The average Bonchev–Trinajstić information content (AvgIpc) is 2.44. The summed E-state index contributed by atoms with van der Waals surface area (Å²) in [6, 6.07) is 8.58. The third-order valence-electron chi connectivity index (χ3n) is 2.94. The molecule has 1 heterocycles. The summed E-state index contributed by atoms with van der Waals surface area (Å²) in [7, 11) is 0. The van der Waals surface area contributed by atoms with Crippen LogP contribution >= 0.6 is 0 Å². The fourth-order valence-corrected chi connectivity index (χ4v) is 1.86. The number of hydrogen-bond acceptors (Lipinski definition) is 4. The third-order valence-corrected chi connectivity index (χ3v) is 2.94. The Balaban J connectivity index is 2.04. The average molecular weight is 288 g/mol. The fraction of sp³-hybridized carbons (Fsp3) is 0.375. The summed E-state index contributed by atoms with van der Waals surface area (Å²) in [6.07, 6.45) is 0. The van der Waals surface area contributed by atoms with Crippen LogP contribution in [0.2, 0.25) is 0 Å². The molecule has 112 valence electrons. The Labute approximate surface area is 124 Å². The van der Waals surface area contributed by atoms with Gasteiger partial charge in [-0.15, -0.1) is 0 Å². The molecule has 0 atom stereocenters. The van der Waals surface area contributed by atoms with Crippen molar-refractivity contribution in [1.29, 1.82) is 0 Å². The van der Waals surface area contributed by atoms with Crippen molar-refractivity contribution in [2.45, 2.75) is 27.3 Å². The molecule has 2 aromatic rings. The molecule has 0 amide bonds. The van der Waals surface area contributed by atoms with Crippen molar-refractivity contribution < 1.29 is 4.39 Å². The number of benzene rings is 1. The molecule has 0 saturated carbocycles. The van der Waals surface area contributed by atoms with Crippen molar-refractivity contribution in [3.63, 3.8) is 0 Å². The van der Waals surface area contributed by atoms with Crippen LogP contribution in [0.4, 0.5) is 16.2 Å². The Hall–Kier alpha value is -2.17. The molecule has 4 nitrogen and oxygen atoms in total. The van der Waals surface area contributed by atoms with Crippen LogP contribution in [0, 0.1) is 18.7 Å². The van der Waals surface area contributed by atoms with E-state index >= 15 is 0 Å². The number of nitrogens with one attached hydrogen (secondary N) is 2. The van der Waals surface area contributed by atoms with Gasteiger partial charge in [0, 0.05) is 30.4 Å². The molecule has 0 radical (unpaired) electrons. The van der Waals surface area contributed by atoms with Crippen LogP contribution < -0.4 is 10.6 Å². The van der Waals surface area contributed by atoms with E-state index in [9.17, 15) is 4.39 Å². The largest absolute Gasteiger partial charge is 0.370 e. The van der Waals surface area contributed by atoms with Crippen LogP contribution in [-0.2, 0) is 6.54 Å². The van der Waals surface area contributed by atoms with Crippen molar-refractivity contribution in [2.75, 3.05) is 17.2 Å². The lowest BCUT2D eigenvalue weighted by atomic mass is 10.2. The first kappa shape index (κ1) is 15.2. The molecule has 2 rings (SSSR count). The number of aromatic nitrogens is 2. The van der Waals surface area contributed by atoms with Crippen LogP contribution in [-0.4, -0.2) is 16.5 Å². The Morgan fingerprint density at radius 1 is 1.14 bits per heavy atom. The van der Waals surface area contributed by atoms with E-state index in [1.54, 1.807) is 12.1 Å². The van der Waals surface area contributed by atoms with Crippen LogP contribution in [0.3, 0.4) is 0 Å². The third kappa shape index (κ3) is 4.70. The molecule has 0 unspecified atom stereocenters. The lowest BCUT2D eigenvalue weighted by Gasteiger charge is -2.11. The maximum atomic E-state index is 13.6. The minimum atomic E-state index is -0.226. The highest BCUT2D eigenvalue weighted by molar-refractivity contribution is 5.42. The molecule has 0 saturated heterocycles. The molecule has 2 N–H and O–H groups in total. The van der Waals surface area contributed by atoms with Crippen LogP contribution in [0.15, 0.2) is 30.3 Å². The van der Waals surface area contributed by atoms with E-state index in [0.29, 0.717) is 24.0 Å². The fourth-order valence-electron chi connectivity index (χ4n) is 1.86. The molecule has 21 heavy (non-hydrogen) atoms. The van der Waals surface area contributed by atoms with E-state index < -0.39 is 0 Å². The second kappa shape index (κ2) is 7.02. The van der Waals surface area contributed by atoms with Gasteiger partial charge in [0.1, 0.15) is 11.6 Å². The first-order valence-corrected chi connectivity index (χ1v) is 7.11. The summed E-state index contributed by atoms with van der Waals surface area (Å²) in [5.74, 6) is 1.60. The van der Waals surface area contributed by atoms with Crippen molar-refractivity contribution in [3.8, 4) is 0 Å². The Morgan fingerprint density at radius 2 is 1.90 bits per heavy atom. The smallest absolute Gasteiger partial charge is 0.225 e. The van der Waals surface area contributed by atoms with Crippen LogP contribution in [0.25, 0.3) is 0 Å². The minimum Gasteiger partial charge on any atom is -0.370 e. The summed E-state index contributed by atoms with van der Waals surface area (Å²) in [6.45, 7) is 7.40. The number of rotatable bonds is 6. The minimum absolute atomic E-state index is 0.226. The quantitative estimate of drug-likeness (QED) is 0.852. The second-order valence-corrected chi connectivity index (χ2v) is 5.44. The molecule has 0 aliphatic rings. The normalized spacial score (nSPS) is 10.7. The summed E-state index contributed by atoms with van der Waals surface area (Å²) in [5.41, 5.74) is 1.46. The standard InChI is InChI=1S/C16H21FN4/c1-11(2)9-18-15-8-12(3)20-16(21-15)19-10-13-6-4-5-7-14(13)17/h4-8,11H,9-10H2,1-3H3,(H2,18,19,20,21). The van der Waals surface area contributed by atoms with E-state index in [-0.39, 0.29) is 5.82 Å². The Kier molecular flexibility index (Phi) is 5.09. The first-order chi connectivity index (χ1) is 10.0. The highest BCUT2D eigenvalue weighted by Gasteiger charge is 2.05. The summed E-state index contributed by atoms with van der Waals surface area (Å²) >= 11 is 0. The summed E-state index contributed by atoms with van der Waals surface area (Å²) in [5, 5.41) is 6.34. The van der Waals surface area contributed by atoms with Crippen molar-refractivity contribution in [1.82, 2.24) is 9.97 Å². The van der Waals surface area contributed by atoms with Crippen LogP contribution in [0.1, 0.15) is 25.1 Å². The molecule has 0 fully saturated rings. The number of aryl methyl sites for hydroxylation is 1. The summed E-state index contributed by atoms with van der Waals surface area (Å²) < 4.78 is 13.6. The molecule has 0 spiro atoms. The van der Waals surface area contributed by atoms with Gasteiger partial charge in [-0.25, -0.2) is 9.37 Å². The number of hydrogen-bond donors (Lipinski definition) is 2. The zero-order valence-corrected chi connectivity index (χ0v) is 12.7. The number of nitrogens with zero attached hydrogens (tertiary/aromatic N) is 2. The molecule has 0 aliphatic carbocycles. The van der Waals surface area contributed by atoms with Gasteiger partial charge in [0.15, 0.2) is 0 Å². The highest BCUT2D eigenvalue weighted by atomic mass is 19.1. The number of anilines is 2. The Morgan fingerprint density at radius 3 is 2.62 bits per heavy atom. The first-order valence-electron chi connectivity index (χ1n) is 7.11. The molecular weight excluding hydrogens is 267 g/mol. The highest BCUT2D eigenvalue weighted by Crippen LogP contribution is 2.12. The Bertz CT molecular complexity index is 599. The predicted octanol–water partition coefficient (Wildman–Crippen LogP) is 3.60. The maximum Gasteiger partial charge on any atom is 0.225 e. The second-order valence-electron chi connectivity index (χ2n) is 5.44. The molecule has 1 aromatic heterocycles. The SMILES string of the molecule is Cc1cc(NCC(C)C)nc(NCc2ccccc2F)n1. The molecular formula is C16H21FN4. The van der Waals surface area contributed by atoms with E-state index in [2.05, 4.69) is 34.4 Å². The maximum absolute atomic E-state index is 13.6. The molecule has 0 bridgehead atoms. The lowest BCUT2D eigenvalue weighted by molar-refractivity contribution is 0.612. The zero-order valence-electron chi connectivity index (χ0n) is 12.7. The van der Waals surface area contributed by atoms with Gasteiger partial charge < -0.3 is 10.6 Å². The van der Waals surface area contributed by atoms with E-state index in [4.69, 9.17) is 0 Å². The molecule has 1 aromatic carbocycles. The van der Waals surface area contributed by atoms with Gasteiger partial charge >= 0.3 is 0 Å². The lowest BCUT2D eigenvalue weighted by Crippen LogP contribution is -2.12. The summed E-state index contributed by atoms with van der Waals surface area (Å²) in [4.78, 5) is 8.72. The van der Waals surface area contributed by atoms with Crippen molar-refractivity contribution >= 4 is 11.8 Å². The predicted molar refractivity (Wildman–Crippen MR) is 83.8 cm³/mol. The number of halogens is 1. The van der Waals surface area contributed by atoms with Gasteiger partial charge in [-0.05, 0) is 18.9 Å².